The van der Waals surface area contributed by atoms with Crippen LogP contribution in [0.15, 0.2) is 18.2 Å². The first-order valence-corrected chi connectivity index (χ1v) is 9.81. The second-order valence-corrected chi connectivity index (χ2v) is 7.29. The molecule has 0 saturated carbocycles. The largest absolute Gasteiger partial charge is 0.450 e. The topological polar surface area (TPSA) is 103 Å². The second kappa shape index (κ2) is 11.8. The zero-order chi connectivity index (χ0) is 21.0. The quantitative estimate of drug-likeness (QED) is 0.435. The molecule has 1 rings (SSSR count). The fraction of sp³-hybridized carbons (Fsp3) is 0.545. The van der Waals surface area contributed by atoms with Gasteiger partial charge in [-0.15, -0.1) is 0 Å². The minimum Gasteiger partial charge on any atom is -0.450 e. The minimum atomic E-state index is -1.33. The number of ether oxygens (including phenoxy) is 1. The van der Waals surface area contributed by atoms with Crippen molar-refractivity contribution in [3.05, 3.63) is 29.3 Å². The third-order valence-corrected chi connectivity index (χ3v) is 4.42. The van der Waals surface area contributed by atoms with Crippen LogP contribution in [0.1, 0.15) is 83.3 Å². The Hall–Kier alpha value is -2.86. The predicted octanol–water partition coefficient (Wildman–Crippen LogP) is 4.83. The van der Waals surface area contributed by atoms with Crippen LogP contribution in [0.5, 0.6) is 0 Å². The van der Waals surface area contributed by atoms with E-state index in [0.29, 0.717) is 12.1 Å². The van der Waals surface area contributed by atoms with Gasteiger partial charge in [-0.3, -0.25) is 9.59 Å². The maximum absolute atomic E-state index is 12.5. The first-order chi connectivity index (χ1) is 13.3. The number of nitrogens with zero attached hydrogens (tertiary/aromatic N) is 2. The molecule has 0 spiro atoms. The van der Waals surface area contributed by atoms with Gasteiger partial charge in [0.15, 0.2) is 5.60 Å². The first-order valence-electron chi connectivity index (χ1n) is 9.81. The Morgan fingerprint density at radius 3 is 2.21 bits per heavy atom. The summed E-state index contributed by atoms with van der Waals surface area (Å²) in [6, 6.07) is 8.26. The standard InChI is InChI=1S/C22H29N3O3/c1-4-5-6-7-8-9-10-11-20(26)28-22(2,3)21(27)25-19-13-12-17(15-23)18(14-19)16-24/h12-14H,4-11H2,1-3H3,(H,25,27). The molecule has 1 aromatic carbocycles. The Labute approximate surface area is 167 Å². The number of anilines is 1. The highest BCUT2D eigenvalue weighted by molar-refractivity contribution is 5.98. The summed E-state index contributed by atoms with van der Waals surface area (Å²) in [7, 11) is 0. The van der Waals surface area contributed by atoms with Crippen LogP contribution in [0.2, 0.25) is 0 Å². The molecule has 28 heavy (non-hydrogen) atoms. The summed E-state index contributed by atoms with van der Waals surface area (Å²) in [6.45, 7) is 5.23. The zero-order valence-electron chi connectivity index (χ0n) is 17.0. The molecule has 6 heteroatoms. The molecule has 0 radical (unpaired) electrons. The van der Waals surface area contributed by atoms with E-state index in [1.165, 1.54) is 57.7 Å². The maximum atomic E-state index is 12.5. The average Bonchev–Trinajstić information content (AvgIpc) is 2.66. The minimum absolute atomic E-state index is 0.175. The van der Waals surface area contributed by atoms with Crippen LogP contribution >= 0.6 is 0 Å². The van der Waals surface area contributed by atoms with Crippen molar-refractivity contribution in [2.75, 3.05) is 5.32 Å². The molecule has 1 amide bonds. The van der Waals surface area contributed by atoms with Gasteiger partial charge in [0.05, 0.1) is 11.1 Å². The van der Waals surface area contributed by atoms with E-state index in [2.05, 4.69) is 12.2 Å². The number of nitriles is 2. The van der Waals surface area contributed by atoms with Crippen LogP contribution in [-0.4, -0.2) is 17.5 Å². The van der Waals surface area contributed by atoms with E-state index >= 15 is 0 Å². The Morgan fingerprint density at radius 2 is 1.61 bits per heavy atom. The molecule has 0 saturated heterocycles. The third-order valence-electron chi connectivity index (χ3n) is 4.42. The molecule has 0 unspecified atom stereocenters. The number of benzene rings is 1. The van der Waals surface area contributed by atoms with Gasteiger partial charge >= 0.3 is 5.97 Å². The molecule has 0 aliphatic carbocycles. The predicted molar refractivity (Wildman–Crippen MR) is 107 cm³/mol. The van der Waals surface area contributed by atoms with Crippen molar-refractivity contribution in [2.24, 2.45) is 0 Å². The van der Waals surface area contributed by atoms with Crippen molar-refractivity contribution in [3.63, 3.8) is 0 Å². The van der Waals surface area contributed by atoms with Gasteiger partial charge in [-0.05, 0) is 38.5 Å². The lowest BCUT2D eigenvalue weighted by molar-refractivity contribution is -0.162. The number of unbranched alkanes of at least 4 members (excludes halogenated alkanes) is 6. The molecule has 0 bridgehead atoms. The summed E-state index contributed by atoms with van der Waals surface area (Å²) in [5.74, 6) is -0.889. The third kappa shape index (κ3) is 7.80. The Morgan fingerprint density at radius 1 is 1.00 bits per heavy atom. The number of carbonyl (C=O) groups excluding carboxylic acids is 2. The number of rotatable bonds is 11. The lowest BCUT2D eigenvalue weighted by Crippen LogP contribution is -2.41. The summed E-state index contributed by atoms with van der Waals surface area (Å²) in [6.07, 6.45) is 8.02. The van der Waals surface area contributed by atoms with Crippen LogP contribution in [0, 0.1) is 22.7 Å². The van der Waals surface area contributed by atoms with Crippen molar-refractivity contribution in [1.29, 1.82) is 10.5 Å². The highest BCUT2D eigenvalue weighted by atomic mass is 16.6. The van der Waals surface area contributed by atoms with Crippen LogP contribution in [0.25, 0.3) is 0 Å². The smallest absolute Gasteiger partial charge is 0.306 e. The summed E-state index contributed by atoms with van der Waals surface area (Å²) >= 11 is 0. The molecule has 1 aromatic rings. The van der Waals surface area contributed by atoms with Crippen molar-refractivity contribution in [2.45, 2.75) is 77.7 Å². The van der Waals surface area contributed by atoms with E-state index in [1.54, 1.807) is 0 Å². The second-order valence-electron chi connectivity index (χ2n) is 7.29. The molecule has 0 aliphatic rings. The van der Waals surface area contributed by atoms with E-state index in [-0.39, 0.29) is 11.1 Å². The first kappa shape index (κ1) is 23.2. The molecule has 0 aromatic heterocycles. The molecule has 6 nitrogen and oxygen atoms in total. The van der Waals surface area contributed by atoms with E-state index in [9.17, 15) is 9.59 Å². The summed E-state index contributed by atoms with van der Waals surface area (Å²) in [4.78, 5) is 24.5. The maximum Gasteiger partial charge on any atom is 0.306 e. The van der Waals surface area contributed by atoms with Gasteiger partial charge in [0.2, 0.25) is 0 Å². The summed E-state index contributed by atoms with van der Waals surface area (Å²) < 4.78 is 5.35. The average molecular weight is 383 g/mol. The van der Waals surface area contributed by atoms with Crippen LogP contribution in [0.3, 0.4) is 0 Å². The van der Waals surface area contributed by atoms with Crippen LogP contribution in [0.4, 0.5) is 5.69 Å². The molecule has 0 aliphatic heterocycles. The number of amides is 1. The Kier molecular flexibility index (Phi) is 9.74. The number of hydrogen-bond acceptors (Lipinski definition) is 5. The normalized spacial score (nSPS) is 10.6. The van der Waals surface area contributed by atoms with Gasteiger partial charge in [-0.2, -0.15) is 10.5 Å². The van der Waals surface area contributed by atoms with Crippen LogP contribution < -0.4 is 5.32 Å². The van der Waals surface area contributed by atoms with Crippen molar-refractivity contribution >= 4 is 17.6 Å². The number of carbonyl (C=O) groups is 2. The lowest BCUT2D eigenvalue weighted by Gasteiger charge is -2.24. The van der Waals surface area contributed by atoms with Crippen LogP contribution in [-0.2, 0) is 14.3 Å². The van der Waals surface area contributed by atoms with E-state index in [4.69, 9.17) is 15.3 Å². The van der Waals surface area contributed by atoms with Crippen molar-refractivity contribution in [3.8, 4) is 12.1 Å². The molecule has 0 heterocycles. The summed E-state index contributed by atoms with van der Waals surface area (Å²) in [5.41, 5.74) is -0.550. The summed E-state index contributed by atoms with van der Waals surface area (Å²) in [5, 5.41) is 20.6. The van der Waals surface area contributed by atoms with E-state index in [0.717, 1.165) is 19.3 Å². The van der Waals surface area contributed by atoms with Gasteiger partial charge in [-0.25, -0.2) is 0 Å². The van der Waals surface area contributed by atoms with Crippen molar-refractivity contribution in [1.82, 2.24) is 0 Å². The molecular weight excluding hydrogens is 354 g/mol. The van der Waals surface area contributed by atoms with E-state index < -0.39 is 17.5 Å². The number of hydrogen-bond donors (Lipinski definition) is 1. The molecule has 0 fully saturated rings. The Balaban J connectivity index is 2.49. The van der Waals surface area contributed by atoms with Gasteiger partial charge in [0.1, 0.15) is 12.1 Å². The fourth-order valence-electron chi connectivity index (χ4n) is 2.70. The Bertz CT molecular complexity index is 757. The zero-order valence-corrected chi connectivity index (χ0v) is 17.0. The number of nitrogens with one attached hydrogen (secondary N) is 1. The van der Waals surface area contributed by atoms with Gasteiger partial charge in [-0.1, -0.05) is 45.4 Å². The molecular formula is C22H29N3O3. The molecule has 150 valence electrons. The highest BCUT2D eigenvalue weighted by Crippen LogP contribution is 2.19. The highest BCUT2D eigenvalue weighted by Gasteiger charge is 2.32. The number of esters is 1. The lowest BCUT2D eigenvalue weighted by atomic mass is 10.1. The SMILES string of the molecule is CCCCCCCCCC(=O)OC(C)(C)C(=O)Nc1ccc(C#N)c(C#N)c1. The van der Waals surface area contributed by atoms with E-state index in [1.807, 2.05) is 12.1 Å². The van der Waals surface area contributed by atoms with Crippen molar-refractivity contribution < 1.29 is 14.3 Å². The molecule has 0 atom stereocenters. The van der Waals surface area contributed by atoms with Gasteiger partial charge in [0, 0.05) is 12.1 Å². The van der Waals surface area contributed by atoms with Gasteiger partial charge < -0.3 is 10.1 Å². The fourth-order valence-corrected chi connectivity index (χ4v) is 2.70. The monoisotopic (exact) mass is 383 g/mol. The molecule has 1 N–H and O–H groups in total. The van der Waals surface area contributed by atoms with Gasteiger partial charge in [0.25, 0.3) is 5.91 Å².